The first kappa shape index (κ1) is 11.2. The molecule has 0 aliphatic rings. The first-order chi connectivity index (χ1) is 6.44. The van der Waals surface area contributed by atoms with Crippen LogP contribution in [0.5, 0.6) is 0 Å². The van der Waals surface area contributed by atoms with Crippen molar-refractivity contribution in [2.24, 2.45) is 5.73 Å². The predicted octanol–water partition coefficient (Wildman–Crippen LogP) is 1.28. The highest BCUT2D eigenvalue weighted by atomic mass is 15.3. The molecule has 0 amide bonds. The lowest BCUT2D eigenvalue weighted by Crippen LogP contribution is -2.32. The normalized spacial score (nSPS) is 12.1. The first-order valence-corrected chi connectivity index (χ1v) is 5.11. The van der Waals surface area contributed by atoms with Gasteiger partial charge in [0.1, 0.15) is 11.6 Å². The fraction of sp³-hybridized carbons (Fsp3) is 0.800. The number of aromatic nitrogens is 3. The van der Waals surface area contributed by atoms with Crippen LogP contribution < -0.4 is 5.73 Å². The Balaban J connectivity index is 2.67. The smallest absolute Gasteiger partial charge is 0.133 e. The van der Waals surface area contributed by atoms with E-state index in [4.69, 9.17) is 5.73 Å². The monoisotopic (exact) mass is 196 g/mol. The van der Waals surface area contributed by atoms with Crippen LogP contribution in [0.1, 0.15) is 38.8 Å². The molecule has 4 heteroatoms. The maximum absolute atomic E-state index is 5.92. The summed E-state index contributed by atoms with van der Waals surface area (Å²) in [5.41, 5.74) is 5.80. The van der Waals surface area contributed by atoms with Gasteiger partial charge in [-0.3, -0.25) is 0 Å². The Morgan fingerprint density at radius 2 is 2.00 bits per heavy atom. The summed E-state index contributed by atoms with van der Waals surface area (Å²) in [6.07, 6.45) is 1.84. The first-order valence-electron chi connectivity index (χ1n) is 5.11. The van der Waals surface area contributed by atoms with Crippen LogP contribution in [0.15, 0.2) is 0 Å². The molecule has 1 heterocycles. The van der Waals surface area contributed by atoms with Gasteiger partial charge in [0.2, 0.25) is 0 Å². The van der Waals surface area contributed by atoms with Crippen molar-refractivity contribution in [2.75, 3.05) is 0 Å². The molecule has 1 rings (SSSR count). The van der Waals surface area contributed by atoms with Crippen molar-refractivity contribution in [3.63, 3.8) is 0 Å². The summed E-state index contributed by atoms with van der Waals surface area (Å²) >= 11 is 0. The number of nitrogens with zero attached hydrogens (tertiary/aromatic N) is 3. The maximum Gasteiger partial charge on any atom is 0.133 e. The average Bonchev–Trinajstić information content (AvgIpc) is 2.41. The SMILES string of the molecule is CCn1c(C)nnc1CCC(C)(C)N. The van der Waals surface area contributed by atoms with E-state index in [-0.39, 0.29) is 5.54 Å². The van der Waals surface area contributed by atoms with Gasteiger partial charge in [-0.25, -0.2) is 0 Å². The highest BCUT2D eigenvalue weighted by Gasteiger charge is 2.14. The minimum absolute atomic E-state index is 0.127. The summed E-state index contributed by atoms with van der Waals surface area (Å²) in [4.78, 5) is 0. The van der Waals surface area contributed by atoms with E-state index < -0.39 is 0 Å². The fourth-order valence-electron chi connectivity index (χ4n) is 1.46. The Labute approximate surface area is 85.5 Å². The lowest BCUT2D eigenvalue weighted by molar-refractivity contribution is 0.464. The zero-order valence-corrected chi connectivity index (χ0v) is 9.54. The summed E-state index contributed by atoms with van der Waals surface area (Å²) in [5.74, 6) is 2.03. The Hall–Kier alpha value is -0.900. The summed E-state index contributed by atoms with van der Waals surface area (Å²) < 4.78 is 2.13. The molecule has 2 N–H and O–H groups in total. The second-order valence-electron chi connectivity index (χ2n) is 4.40. The molecular weight excluding hydrogens is 176 g/mol. The van der Waals surface area contributed by atoms with Crippen molar-refractivity contribution in [2.45, 2.75) is 52.6 Å². The number of hydrogen-bond donors (Lipinski definition) is 1. The van der Waals surface area contributed by atoms with E-state index in [2.05, 4.69) is 21.7 Å². The zero-order chi connectivity index (χ0) is 10.8. The molecule has 4 nitrogen and oxygen atoms in total. The molecule has 0 saturated heterocycles. The number of nitrogens with two attached hydrogens (primary N) is 1. The Morgan fingerprint density at radius 3 is 2.50 bits per heavy atom. The van der Waals surface area contributed by atoms with Gasteiger partial charge in [0.25, 0.3) is 0 Å². The quantitative estimate of drug-likeness (QED) is 0.789. The van der Waals surface area contributed by atoms with Crippen LogP contribution in [0.3, 0.4) is 0 Å². The van der Waals surface area contributed by atoms with Crippen molar-refractivity contribution >= 4 is 0 Å². The van der Waals surface area contributed by atoms with Gasteiger partial charge in [0.05, 0.1) is 0 Å². The minimum Gasteiger partial charge on any atom is -0.326 e. The molecule has 0 radical (unpaired) electrons. The maximum atomic E-state index is 5.92. The Morgan fingerprint density at radius 1 is 1.36 bits per heavy atom. The zero-order valence-electron chi connectivity index (χ0n) is 9.54. The van der Waals surface area contributed by atoms with Crippen LogP contribution in [-0.4, -0.2) is 20.3 Å². The molecule has 14 heavy (non-hydrogen) atoms. The van der Waals surface area contributed by atoms with Crippen LogP contribution in [-0.2, 0) is 13.0 Å². The molecule has 0 aliphatic carbocycles. The van der Waals surface area contributed by atoms with Gasteiger partial charge < -0.3 is 10.3 Å². The number of aryl methyl sites for hydroxylation is 2. The number of rotatable bonds is 4. The molecule has 0 saturated carbocycles. The van der Waals surface area contributed by atoms with Crippen LogP contribution in [0.25, 0.3) is 0 Å². The third-order valence-electron chi connectivity index (χ3n) is 2.32. The molecule has 0 atom stereocenters. The fourth-order valence-corrected chi connectivity index (χ4v) is 1.46. The molecule has 0 aromatic carbocycles. The highest BCUT2D eigenvalue weighted by Crippen LogP contribution is 2.10. The van der Waals surface area contributed by atoms with Gasteiger partial charge in [-0.15, -0.1) is 10.2 Å². The van der Waals surface area contributed by atoms with Gasteiger partial charge in [0.15, 0.2) is 0 Å². The molecule has 1 aromatic rings. The summed E-state index contributed by atoms with van der Waals surface area (Å²) in [7, 11) is 0. The molecular formula is C10H20N4. The second kappa shape index (κ2) is 4.09. The molecule has 80 valence electrons. The van der Waals surface area contributed by atoms with E-state index in [1.807, 2.05) is 20.8 Å². The van der Waals surface area contributed by atoms with Gasteiger partial charge in [-0.2, -0.15) is 0 Å². The van der Waals surface area contributed by atoms with Crippen LogP contribution >= 0.6 is 0 Å². The van der Waals surface area contributed by atoms with E-state index in [1.54, 1.807) is 0 Å². The van der Waals surface area contributed by atoms with Crippen LogP contribution in [0.2, 0.25) is 0 Å². The molecule has 0 bridgehead atoms. The van der Waals surface area contributed by atoms with E-state index in [9.17, 15) is 0 Å². The standard InChI is InChI=1S/C10H20N4/c1-5-14-8(2)12-13-9(14)6-7-10(3,4)11/h5-7,11H2,1-4H3. The van der Waals surface area contributed by atoms with Crippen molar-refractivity contribution in [3.05, 3.63) is 11.6 Å². The van der Waals surface area contributed by atoms with E-state index in [0.29, 0.717) is 0 Å². The molecule has 0 spiro atoms. The van der Waals surface area contributed by atoms with E-state index in [0.717, 1.165) is 31.0 Å². The number of hydrogen-bond acceptors (Lipinski definition) is 3. The van der Waals surface area contributed by atoms with Crippen molar-refractivity contribution < 1.29 is 0 Å². The largest absolute Gasteiger partial charge is 0.326 e. The molecule has 1 aromatic heterocycles. The summed E-state index contributed by atoms with van der Waals surface area (Å²) in [5, 5.41) is 8.21. The second-order valence-corrected chi connectivity index (χ2v) is 4.40. The average molecular weight is 196 g/mol. The van der Waals surface area contributed by atoms with E-state index in [1.165, 1.54) is 0 Å². The summed E-state index contributed by atoms with van der Waals surface area (Å²) in [6.45, 7) is 9.08. The van der Waals surface area contributed by atoms with Crippen LogP contribution in [0.4, 0.5) is 0 Å². The third-order valence-corrected chi connectivity index (χ3v) is 2.32. The lowest BCUT2D eigenvalue weighted by Gasteiger charge is -2.17. The topological polar surface area (TPSA) is 56.7 Å². The predicted molar refractivity (Wildman–Crippen MR) is 57.0 cm³/mol. The van der Waals surface area contributed by atoms with Crippen molar-refractivity contribution in [1.82, 2.24) is 14.8 Å². The highest BCUT2D eigenvalue weighted by molar-refractivity contribution is 4.95. The summed E-state index contributed by atoms with van der Waals surface area (Å²) in [6, 6.07) is 0. The molecule has 0 unspecified atom stereocenters. The third kappa shape index (κ3) is 2.80. The van der Waals surface area contributed by atoms with Crippen molar-refractivity contribution in [1.29, 1.82) is 0 Å². The van der Waals surface area contributed by atoms with Gasteiger partial charge >= 0.3 is 0 Å². The molecule has 0 aliphatic heterocycles. The van der Waals surface area contributed by atoms with Gasteiger partial charge in [-0.1, -0.05) is 0 Å². The Bertz CT molecular complexity index is 296. The lowest BCUT2D eigenvalue weighted by atomic mass is 10.00. The van der Waals surface area contributed by atoms with Gasteiger partial charge in [0, 0.05) is 18.5 Å². The van der Waals surface area contributed by atoms with Crippen LogP contribution in [0, 0.1) is 6.92 Å². The van der Waals surface area contributed by atoms with Crippen molar-refractivity contribution in [3.8, 4) is 0 Å². The van der Waals surface area contributed by atoms with E-state index >= 15 is 0 Å². The Kier molecular flexibility index (Phi) is 3.26. The molecule has 0 fully saturated rings. The van der Waals surface area contributed by atoms with Gasteiger partial charge in [-0.05, 0) is 34.1 Å². The minimum atomic E-state index is -0.127.